The van der Waals surface area contributed by atoms with Gasteiger partial charge in [0.2, 0.25) is 5.95 Å². The highest BCUT2D eigenvalue weighted by Gasteiger charge is 2.12. The van der Waals surface area contributed by atoms with Crippen molar-refractivity contribution in [2.24, 2.45) is 0 Å². The average Bonchev–Trinajstić information content (AvgIpc) is 2.57. The van der Waals surface area contributed by atoms with E-state index in [1.807, 2.05) is 37.3 Å². The van der Waals surface area contributed by atoms with Crippen LogP contribution in [0.1, 0.15) is 18.2 Å². The lowest BCUT2D eigenvalue weighted by molar-refractivity contribution is 0.968. The van der Waals surface area contributed by atoms with Gasteiger partial charge < -0.3 is 10.2 Å². The summed E-state index contributed by atoms with van der Waals surface area (Å²) in [6.07, 6.45) is 0. The first-order chi connectivity index (χ1) is 12.0. The standard InChI is InChI=1S/C20H21ClN4/c1-4-25(18-7-5-6-14(2)12-18)19-13-15(3)22-20(24-19)23-17-10-8-16(21)9-11-17/h5-13H,4H2,1-3H3,(H,22,23,24). The summed E-state index contributed by atoms with van der Waals surface area (Å²) in [7, 11) is 0. The van der Waals surface area contributed by atoms with Crippen molar-refractivity contribution in [2.75, 3.05) is 16.8 Å². The molecule has 0 fully saturated rings. The highest BCUT2D eigenvalue weighted by Crippen LogP contribution is 2.26. The van der Waals surface area contributed by atoms with E-state index < -0.39 is 0 Å². The highest BCUT2D eigenvalue weighted by atomic mass is 35.5. The Kier molecular flexibility index (Phi) is 5.19. The lowest BCUT2D eigenvalue weighted by atomic mass is 10.2. The van der Waals surface area contributed by atoms with Crippen LogP contribution in [0.5, 0.6) is 0 Å². The predicted octanol–water partition coefficient (Wildman–Crippen LogP) is 5.65. The third-order valence-electron chi connectivity index (χ3n) is 3.85. The van der Waals surface area contributed by atoms with E-state index in [1.54, 1.807) is 0 Å². The molecule has 0 bridgehead atoms. The summed E-state index contributed by atoms with van der Waals surface area (Å²) in [5, 5.41) is 3.95. The highest BCUT2D eigenvalue weighted by molar-refractivity contribution is 6.30. The van der Waals surface area contributed by atoms with Crippen molar-refractivity contribution in [1.29, 1.82) is 0 Å². The van der Waals surface area contributed by atoms with E-state index >= 15 is 0 Å². The summed E-state index contributed by atoms with van der Waals surface area (Å²) in [5.74, 6) is 1.44. The van der Waals surface area contributed by atoms with Crippen molar-refractivity contribution >= 4 is 34.7 Å². The molecule has 0 aliphatic heterocycles. The Labute approximate surface area is 153 Å². The number of anilines is 4. The summed E-state index contributed by atoms with van der Waals surface area (Å²) in [6.45, 7) is 7.00. The van der Waals surface area contributed by atoms with Gasteiger partial charge in [-0.3, -0.25) is 0 Å². The Hall–Kier alpha value is -2.59. The molecule has 5 heteroatoms. The van der Waals surface area contributed by atoms with Crippen LogP contribution in [0.25, 0.3) is 0 Å². The van der Waals surface area contributed by atoms with Crippen molar-refractivity contribution in [3.8, 4) is 0 Å². The molecule has 0 aliphatic rings. The van der Waals surface area contributed by atoms with E-state index in [0.717, 1.165) is 29.4 Å². The maximum absolute atomic E-state index is 5.94. The number of benzene rings is 2. The summed E-state index contributed by atoms with van der Waals surface area (Å²) in [4.78, 5) is 11.4. The fourth-order valence-corrected chi connectivity index (χ4v) is 2.81. The molecule has 0 spiro atoms. The first-order valence-electron chi connectivity index (χ1n) is 8.27. The Morgan fingerprint density at radius 3 is 2.44 bits per heavy atom. The molecule has 1 heterocycles. The number of nitrogens with zero attached hydrogens (tertiary/aromatic N) is 3. The number of hydrogen-bond donors (Lipinski definition) is 1. The topological polar surface area (TPSA) is 41.1 Å². The van der Waals surface area contributed by atoms with E-state index in [9.17, 15) is 0 Å². The smallest absolute Gasteiger partial charge is 0.229 e. The minimum atomic E-state index is 0.573. The van der Waals surface area contributed by atoms with E-state index in [0.29, 0.717) is 11.0 Å². The third kappa shape index (κ3) is 4.28. The van der Waals surface area contributed by atoms with Gasteiger partial charge in [0.1, 0.15) is 5.82 Å². The number of aryl methyl sites for hydroxylation is 2. The second kappa shape index (κ2) is 7.53. The van der Waals surface area contributed by atoms with Crippen LogP contribution < -0.4 is 10.2 Å². The Bertz CT molecular complexity index is 862. The van der Waals surface area contributed by atoms with E-state index in [4.69, 9.17) is 16.6 Å². The van der Waals surface area contributed by atoms with Gasteiger partial charge in [-0.2, -0.15) is 4.98 Å². The second-order valence-electron chi connectivity index (χ2n) is 5.91. The van der Waals surface area contributed by atoms with Crippen LogP contribution in [-0.2, 0) is 0 Å². The minimum absolute atomic E-state index is 0.573. The van der Waals surface area contributed by atoms with Crippen LogP contribution in [0.2, 0.25) is 5.02 Å². The van der Waals surface area contributed by atoms with Gasteiger partial charge in [0.25, 0.3) is 0 Å². The van der Waals surface area contributed by atoms with Gasteiger partial charge in [0, 0.05) is 34.7 Å². The molecule has 0 atom stereocenters. The van der Waals surface area contributed by atoms with E-state index in [1.165, 1.54) is 5.56 Å². The Morgan fingerprint density at radius 2 is 1.76 bits per heavy atom. The van der Waals surface area contributed by atoms with Gasteiger partial charge in [-0.1, -0.05) is 23.7 Å². The molecule has 1 aromatic heterocycles. The van der Waals surface area contributed by atoms with Crippen LogP contribution in [0.4, 0.5) is 23.1 Å². The number of aromatic nitrogens is 2. The van der Waals surface area contributed by atoms with Crippen molar-refractivity contribution in [3.05, 3.63) is 70.9 Å². The largest absolute Gasteiger partial charge is 0.326 e. The zero-order chi connectivity index (χ0) is 17.8. The van der Waals surface area contributed by atoms with Gasteiger partial charge >= 0.3 is 0 Å². The number of rotatable bonds is 5. The van der Waals surface area contributed by atoms with Crippen LogP contribution in [0.15, 0.2) is 54.6 Å². The molecule has 0 amide bonds. The van der Waals surface area contributed by atoms with Crippen molar-refractivity contribution in [3.63, 3.8) is 0 Å². The molecule has 0 saturated heterocycles. The minimum Gasteiger partial charge on any atom is -0.326 e. The van der Waals surface area contributed by atoms with Gasteiger partial charge in [-0.15, -0.1) is 0 Å². The fourth-order valence-electron chi connectivity index (χ4n) is 2.68. The zero-order valence-corrected chi connectivity index (χ0v) is 15.4. The molecule has 0 radical (unpaired) electrons. The summed E-state index contributed by atoms with van der Waals surface area (Å²) < 4.78 is 0. The molecule has 0 aliphatic carbocycles. The molecule has 4 nitrogen and oxygen atoms in total. The lowest BCUT2D eigenvalue weighted by Gasteiger charge is -2.23. The average molecular weight is 353 g/mol. The number of halogens is 1. The maximum atomic E-state index is 5.94. The van der Waals surface area contributed by atoms with Crippen LogP contribution in [-0.4, -0.2) is 16.5 Å². The monoisotopic (exact) mass is 352 g/mol. The van der Waals surface area contributed by atoms with Gasteiger partial charge in [0.05, 0.1) is 0 Å². The first kappa shape index (κ1) is 17.2. The first-order valence-corrected chi connectivity index (χ1v) is 8.65. The van der Waals surface area contributed by atoms with Gasteiger partial charge in [-0.25, -0.2) is 4.98 Å². The van der Waals surface area contributed by atoms with E-state index in [-0.39, 0.29) is 0 Å². The molecule has 0 unspecified atom stereocenters. The molecular weight excluding hydrogens is 332 g/mol. The molecule has 1 N–H and O–H groups in total. The predicted molar refractivity (Wildman–Crippen MR) is 105 cm³/mol. The van der Waals surface area contributed by atoms with Gasteiger partial charge in [0.15, 0.2) is 0 Å². The number of hydrogen-bond acceptors (Lipinski definition) is 4. The van der Waals surface area contributed by atoms with Crippen molar-refractivity contribution < 1.29 is 0 Å². The molecule has 128 valence electrons. The summed E-state index contributed by atoms with van der Waals surface area (Å²) in [5.41, 5.74) is 4.16. The molecular formula is C20H21ClN4. The van der Waals surface area contributed by atoms with Crippen LogP contribution >= 0.6 is 11.6 Å². The fraction of sp³-hybridized carbons (Fsp3) is 0.200. The third-order valence-corrected chi connectivity index (χ3v) is 4.10. The van der Waals surface area contributed by atoms with Crippen LogP contribution in [0, 0.1) is 13.8 Å². The molecule has 25 heavy (non-hydrogen) atoms. The maximum Gasteiger partial charge on any atom is 0.229 e. The lowest BCUT2D eigenvalue weighted by Crippen LogP contribution is -2.18. The van der Waals surface area contributed by atoms with E-state index in [2.05, 4.69) is 53.3 Å². The van der Waals surface area contributed by atoms with Gasteiger partial charge in [-0.05, 0) is 62.7 Å². The van der Waals surface area contributed by atoms with Crippen LogP contribution in [0.3, 0.4) is 0 Å². The Balaban J connectivity index is 1.93. The SMILES string of the molecule is CCN(c1cccc(C)c1)c1cc(C)nc(Nc2ccc(Cl)cc2)n1. The Morgan fingerprint density at radius 1 is 1.00 bits per heavy atom. The van der Waals surface area contributed by atoms with Crippen molar-refractivity contribution in [2.45, 2.75) is 20.8 Å². The summed E-state index contributed by atoms with van der Waals surface area (Å²) in [6, 6.07) is 17.9. The van der Waals surface area contributed by atoms with Crippen molar-refractivity contribution in [1.82, 2.24) is 9.97 Å². The molecule has 0 saturated carbocycles. The normalized spacial score (nSPS) is 10.6. The zero-order valence-electron chi connectivity index (χ0n) is 14.6. The molecule has 2 aromatic carbocycles. The second-order valence-corrected chi connectivity index (χ2v) is 6.34. The quantitative estimate of drug-likeness (QED) is 0.644. The summed E-state index contributed by atoms with van der Waals surface area (Å²) >= 11 is 5.94. The molecule has 3 rings (SSSR count). The number of nitrogens with one attached hydrogen (secondary N) is 1. The molecule has 3 aromatic rings.